The van der Waals surface area contributed by atoms with Crippen LogP contribution in [0.15, 0.2) is 47.8 Å². The largest absolute Gasteiger partial charge is 0.452 e. The second-order valence-electron chi connectivity index (χ2n) is 10.2. The first-order valence-electron chi connectivity index (χ1n) is 12.8. The minimum atomic E-state index is -1.26. The number of rotatable bonds is 11. The molecule has 1 radical (unpaired) electrons. The second-order valence-corrected chi connectivity index (χ2v) is 10.2. The van der Waals surface area contributed by atoms with Gasteiger partial charge in [-0.3, -0.25) is 14.3 Å². The van der Waals surface area contributed by atoms with E-state index in [0.717, 1.165) is 38.7 Å². The number of amides is 2. The molecule has 2 atom stereocenters. The number of nitrogens with one attached hydrogen (secondary N) is 2. The smallest absolute Gasteiger partial charge is 0.311 e. The van der Waals surface area contributed by atoms with E-state index >= 15 is 0 Å². The zero-order chi connectivity index (χ0) is 25.5. The molecule has 2 heterocycles. The maximum Gasteiger partial charge on any atom is 0.311 e. The quantitative estimate of drug-likeness (QED) is 0.417. The molecule has 1 aromatic carbocycles. The van der Waals surface area contributed by atoms with Gasteiger partial charge in [0, 0.05) is 25.0 Å². The molecule has 9 nitrogen and oxygen atoms in total. The van der Waals surface area contributed by atoms with Crippen molar-refractivity contribution in [3.63, 3.8) is 0 Å². The predicted molar refractivity (Wildman–Crippen MR) is 137 cm³/mol. The molecule has 2 aromatic rings. The Morgan fingerprint density at radius 2 is 1.97 bits per heavy atom. The van der Waals surface area contributed by atoms with Gasteiger partial charge in [-0.05, 0) is 36.8 Å². The monoisotopic (exact) mass is 492 g/mol. The highest BCUT2D eigenvalue weighted by atomic mass is 16.7. The van der Waals surface area contributed by atoms with Gasteiger partial charge >= 0.3 is 7.48 Å². The van der Waals surface area contributed by atoms with E-state index in [2.05, 4.69) is 20.9 Å². The highest BCUT2D eigenvalue weighted by molar-refractivity contribution is 6.28. The van der Waals surface area contributed by atoms with Crippen LogP contribution in [0.2, 0.25) is 0 Å². The average Bonchev–Trinajstić information content (AvgIpc) is 3.63. The Balaban J connectivity index is 1.43. The minimum absolute atomic E-state index is 0.167. The third-order valence-electron chi connectivity index (χ3n) is 6.83. The van der Waals surface area contributed by atoms with Gasteiger partial charge in [-0.1, -0.05) is 62.2 Å². The van der Waals surface area contributed by atoms with Crippen LogP contribution >= 0.6 is 0 Å². The molecule has 3 N–H and O–H groups in total. The van der Waals surface area contributed by atoms with E-state index in [0.29, 0.717) is 24.2 Å². The summed E-state index contributed by atoms with van der Waals surface area (Å²) in [5.41, 5.74) is 0.784. The fraction of sp³-hybridized carbons (Fsp3) is 0.538. The van der Waals surface area contributed by atoms with E-state index < -0.39 is 11.5 Å². The van der Waals surface area contributed by atoms with E-state index in [1.807, 2.05) is 48.9 Å². The van der Waals surface area contributed by atoms with E-state index in [1.54, 1.807) is 12.3 Å². The Bertz CT molecular complexity index is 1070. The van der Waals surface area contributed by atoms with Gasteiger partial charge in [0.05, 0.1) is 18.3 Å². The van der Waals surface area contributed by atoms with Crippen LogP contribution in [0.4, 0.5) is 0 Å². The third kappa shape index (κ3) is 6.16. The number of nitrogens with zero attached hydrogens (tertiary/aromatic N) is 3. The van der Waals surface area contributed by atoms with Crippen molar-refractivity contribution in [3.8, 4) is 0 Å². The van der Waals surface area contributed by atoms with Crippen LogP contribution in [0.5, 0.6) is 0 Å². The van der Waals surface area contributed by atoms with Crippen molar-refractivity contribution in [2.24, 2.45) is 11.1 Å². The maximum atomic E-state index is 13.4. The topological polar surface area (TPSA) is 118 Å². The number of hydrogen-bond donors (Lipinski definition) is 3. The molecule has 191 valence electrons. The molecule has 0 saturated heterocycles. The number of aromatic nitrogens is 2. The Morgan fingerprint density at radius 3 is 2.67 bits per heavy atom. The van der Waals surface area contributed by atoms with Crippen LogP contribution in [0, 0.1) is 5.92 Å². The summed E-state index contributed by atoms with van der Waals surface area (Å²) in [5.74, 6) is -0.771. The summed E-state index contributed by atoms with van der Waals surface area (Å²) < 4.78 is 1.82. The first-order valence-corrected chi connectivity index (χ1v) is 12.8. The fourth-order valence-corrected chi connectivity index (χ4v) is 5.03. The Morgan fingerprint density at radius 1 is 1.22 bits per heavy atom. The molecular weight excluding hydrogens is 457 g/mol. The van der Waals surface area contributed by atoms with E-state index in [9.17, 15) is 14.6 Å². The minimum Gasteiger partial charge on any atom is -0.452 e. The molecule has 36 heavy (non-hydrogen) atoms. The van der Waals surface area contributed by atoms with Crippen molar-refractivity contribution in [2.45, 2.75) is 76.4 Å². The Labute approximate surface area is 212 Å². The Hall–Kier alpha value is -3.14. The second kappa shape index (κ2) is 11.7. The van der Waals surface area contributed by atoms with E-state index in [4.69, 9.17) is 4.84 Å². The summed E-state index contributed by atoms with van der Waals surface area (Å²) in [6.45, 7) is 4.22. The fourth-order valence-electron chi connectivity index (χ4n) is 5.03. The zero-order valence-corrected chi connectivity index (χ0v) is 21.0. The van der Waals surface area contributed by atoms with Crippen molar-refractivity contribution in [2.75, 3.05) is 6.54 Å². The number of oxime groups is 1. The molecule has 2 aliphatic rings. The van der Waals surface area contributed by atoms with Crippen LogP contribution in [0.3, 0.4) is 0 Å². The van der Waals surface area contributed by atoms with Gasteiger partial charge in [0.25, 0.3) is 11.8 Å². The molecule has 10 heteroatoms. The molecule has 1 aromatic heterocycles. The van der Waals surface area contributed by atoms with E-state index in [-0.39, 0.29) is 36.7 Å². The lowest BCUT2D eigenvalue weighted by molar-refractivity contribution is -0.144. The lowest BCUT2D eigenvalue weighted by Gasteiger charge is -2.28. The molecule has 2 amide bonds. The average molecular weight is 492 g/mol. The van der Waals surface area contributed by atoms with Gasteiger partial charge < -0.3 is 20.5 Å². The van der Waals surface area contributed by atoms with Crippen molar-refractivity contribution in [1.29, 1.82) is 0 Å². The summed E-state index contributed by atoms with van der Waals surface area (Å²) in [6.07, 6.45) is 7.16. The van der Waals surface area contributed by atoms with Crippen LogP contribution in [-0.2, 0) is 16.1 Å². The molecule has 1 fully saturated rings. The number of carbonyl (C=O) groups is 2. The zero-order valence-electron chi connectivity index (χ0n) is 21.0. The van der Waals surface area contributed by atoms with Gasteiger partial charge in [0.2, 0.25) is 5.60 Å². The number of hydrogen-bond acceptors (Lipinski definition) is 6. The van der Waals surface area contributed by atoms with Crippen LogP contribution in [0.1, 0.15) is 74.5 Å². The first kappa shape index (κ1) is 25.9. The molecule has 1 saturated carbocycles. The number of carbonyl (C=O) groups excluding carboxylic acids is 2. The van der Waals surface area contributed by atoms with Crippen molar-refractivity contribution >= 4 is 25.0 Å². The molecule has 0 bridgehead atoms. The molecule has 1 aliphatic carbocycles. The lowest BCUT2D eigenvalue weighted by atomic mass is 9.80. The molecule has 0 spiro atoms. The summed E-state index contributed by atoms with van der Waals surface area (Å²) in [4.78, 5) is 32.2. The molecule has 1 aliphatic heterocycles. The van der Waals surface area contributed by atoms with Gasteiger partial charge in [-0.15, -0.1) is 0 Å². The van der Waals surface area contributed by atoms with Crippen LogP contribution in [-0.4, -0.2) is 57.9 Å². The van der Waals surface area contributed by atoms with Crippen LogP contribution in [0.25, 0.3) is 0 Å². The number of benzene rings is 1. The van der Waals surface area contributed by atoms with Gasteiger partial charge in [0.15, 0.2) is 0 Å². The first-order chi connectivity index (χ1) is 17.4. The van der Waals surface area contributed by atoms with Gasteiger partial charge in [-0.2, -0.15) is 5.10 Å². The lowest BCUT2D eigenvalue weighted by Crippen LogP contribution is -2.53. The van der Waals surface area contributed by atoms with Crippen molar-refractivity contribution in [1.82, 2.24) is 20.4 Å². The molecule has 4 rings (SSSR count). The standard InChI is InChI=1S/C26H35BN5O4/c1-18(2)14-23(27-35)30-25(34)26(15-19-8-4-3-5-9-19)16-20(31-36-26)17-28-24(33)22-12-13-29-32(22)21-10-6-7-11-21/h3-5,8-9,12-13,18,21,23,35H,6-7,10-11,14-17H2,1-2H3,(H,28,33)(H,30,34). The summed E-state index contributed by atoms with van der Waals surface area (Å²) >= 11 is 0. The third-order valence-corrected chi connectivity index (χ3v) is 6.83. The van der Waals surface area contributed by atoms with Crippen LogP contribution < -0.4 is 10.6 Å². The van der Waals surface area contributed by atoms with Gasteiger partial charge in [0.1, 0.15) is 5.69 Å². The van der Waals surface area contributed by atoms with Crippen molar-refractivity contribution in [3.05, 3.63) is 53.9 Å². The van der Waals surface area contributed by atoms with E-state index in [1.165, 1.54) is 0 Å². The predicted octanol–water partition coefficient (Wildman–Crippen LogP) is 2.59. The SMILES string of the molecule is CC(C)CC([B]O)NC(=O)C1(Cc2ccccc2)CC(CNC(=O)c2ccnn2C2CCCC2)=NO1. The van der Waals surface area contributed by atoms with Crippen molar-refractivity contribution < 1.29 is 19.5 Å². The molecular formula is C26H35BN5O4. The summed E-state index contributed by atoms with van der Waals surface area (Å²) in [6, 6.07) is 11.6. The summed E-state index contributed by atoms with van der Waals surface area (Å²) in [7, 11) is 1.01. The summed E-state index contributed by atoms with van der Waals surface area (Å²) in [5, 5.41) is 24.1. The normalized spacial score (nSPS) is 20.6. The maximum absolute atomic E-state index is 13.4. The molecule has 2 unspecified atom stereocenters. The Kier molecular flexibility index (Phi) is 8.46. The van der Waals surface area contributed by atoms with Gasteiger partial charge in [-0.25, -0.2) is 0 Å². The highest BCUT2D eigenvalue weighted by Crippen LogP contribution is 2.31. The highest BCUT2D eigenvalue weighted by Gasteiger charge is 2.47.